The maximum atomic E-state index is 13.5. The monoisotopic (exact) mass is 338 g/mol. The van der Waals surface area contributed by atoms with Gasteiger partial charge in [-0.25, -0.2) is 17.5 Å². The summed E-state index contributed by atoms with van der Waals surface area (Å²) in [5.41, 5.74) is 0.507. The molecule has 2 rings (SSSR count). The van der Waals surface area contributed by atoms with Gasteiger partial charge >= 0.3 is 0 Å². The predicted octanol–water partition coefficient (Wildman–Crippen LogP) is 2.56. The van der Waals surface area contributed by atoms with Crippen LogP contribution in [0.4, 0.5) is 10.1 Å². The minimum absolute atomic E-state index is 0.00899. The first-order chi connectivity index (χ1) is 10.8. The number of nitro groups is 1. The van der Waals surface area contributed by atoms with Crippen molar-refractivity contribution < 1.29 is 17.7 Å². The van der Waals surface area contributed by atoms with Crippen LogP contribution in [0.3, 0.4) is 0 Å². The number of benzene rings is 2. The van der Waals surface area contributed by atoms with Gasteiger partial charge in [0.25, 0.3) is 5.69 Å². The minimum Gasteiger partial charge on any atom is -0.258 e. The maximum Gasteiger partial charge on any atom is 0.273 e. The van der Waals surface area contributed by atoms with Crippen molar-refractivity contribution in [2.45, 2.75) is 18.2 Å². The Labute approximate surface area is 133 Å². The molecule has 122 valence electrons. The molecular weight excluding hydrogens is 323 g/mol. The molecule has 0 amide bonds. The zero-order valence-corrected chi connectivity index (χ0v) is 13.1. The number of rotatable bonds is 6. The van der Waals surface area contributed by atoms with Crippen LogP contribution in [0, 0.1) is 22.9 Å². The zero-order chi connectivity index (χ0) is 17.0. The van der Waals surface area contributed by atoms with Gasteiger partial charge < -0.3 is 0 Å². The Hall–Kier alpha value is -2.32. The van der Waals surface area contributed by atoms with Gasteiger partial charge in [-0.3, -0.25) is 10.1 Å². The molecular formula is C15H15FN2O4S. The van der Waals surface area contributed by atoms with Crippen molar-refractivity contribution in [2.24, 2.45) is 0 Å². The van der Waals surface area contributed by atoms with E-state index in [0.29, 0.717) is 11.1 Å². The molecule has 0 unspecified atom stereocenters. The number of halogens is 1. The maximum absolute atomic E-state index is 13.5. The van der Waals surface area contributed by atoms with Crippen LogP contribution >= 0.6 is 0 Å². The van der Waals surface area contributed by atoms with Crippen LogP contribution in [0.5, 0.6) is 0 Å². The van der Waals surface area contributed by atoms with E-state index in [1.54, 1.807) is 18.2 Å². The lowest BCUT2D eigenvalue weighted by atomic mass is 10.1. The molecule has 6 nitrogen and oxygen atoms in total. The Morgan fingerprint density at radius 3 is 2.57 bits per heavy atom. The van der Waals surface area contributed by atoms with Crippen LogP contribution in [0.1, 0.15) is 11.1 Å². The fourth-order valence-corrected chi connectivity index (χ4v) is 3.11. The van der Waals surface area contributed by atoms with Gasteiger partial charge in [0.2, 0.25) is 10.0 Å². The summed E-state index contributed by atoms with van der Waals surface area (Å²) in [5, 5.41) is 10.9. The molecule has 0 saturated carbocycles. The van der Waals surface area contributed by atoms with Crippen molar-refractivity contribution in [2.75, 3.05) is 6.54 Å². The summed E-state index contributed by atoms with van der Waals surface area (Å²) in [7, 11) is -3.89. The summed E-state index contributed by atoms with van der Waals surface area (Å²) in [5.74, 6) is -0.405. The van der Waals surface area contributed by atoms with E-state index in [-0.39, 0.29) is 23.5 Å². The number of sulfonamides is 1. The van der Waals surface area contributed by atoms with E-state index in [1.807, 2.05) is 0 Å². The minimum atomic E-state index is -3.89. The van der Waals surface area contributed by atoms with Gasteiger partial charge in [-0.2, -0.15) is 0 Å². The summed E-state index contributed by atoms with van der Waals surface area (Å²) >= 11 is 0. The average Bonchev–Trinajstić information content (AvgIpc) is 2.49. The Morgan fingerprint density at radius 2 is 1.91 bits per heavy atom. The van der Waals surface area contributed by atoms with E-state index in [1.165, 1.54) is 25.1 Å². The topological polar surface area (TPSA) is 89.3 Å². The lowest BCUT2D eigenvalue weighted by Gasteiger charge is -2.08. The highest BCUT2D eigenvalue weighted by atomic mass is 32.2. The zero-order valence-electron chi connectivity index (χ0n) is 12.3. The Bertz CT molecular complexity index is 837. The molecule has 0 heterocycles. The molecule has 0 aromatic heterocycles. The molecule has 0 fully saturated rings. The third kappa shape index (κ3) is 4.11. The molecule has 23 heavy (non-hydrogen) atoms. The third-order valence-corrected chi connectivity index (χ3v) is 4.79. The Kier molecular flexibility index (Phi) is 5.07. The number of nitro benzene ring substituents is 1. The van der Waals surface area contributed by atoms with Gasteiger partial charge in [0.05, 0.1) is 9.82 Å². The summed E-state index contributed by atoms with van der Waals surface area (Å²) in [6.07, 6.45) is 0.180. The molecule has 1 N–H and O–H groups in total. The fraction of sp³-hybridized carbons (Fsp3) is 0.200. The van der Waals surface area contributed by atoms with Crippen molar-refractivity contribution in [1.82, 2.24) is 4.72 Å². The number of nitrogens with zero attached hydrogens (tertiary/aromatic N) is 1. The third-order valence-electron chi connectivity index (χ3n) is 3.33. The molecule has 0 aliphatic carbocycles. The smallest absolute Gasteiger partial charge is 0.258 e. The van der Waals surface area contributed by atoms with E-state index < -0.39 is 20.8 Å². The number of nitrogens with one attached hydrogen (secondary N) is 1. The molecule has 0 aliphatic rings. The van der Waals surface area contributed by atoms with Crippen LogP contribution in [-0.4, -0.2) is 19.9 Å². The first-order valence-corrected chi connectivity index (χ1v) is 8.27. The second-order valence-corrected chi connectivity index (χ2v) is 6.71. The highest BCUT2D eigenvalue weighted by Crippen LogP contribution is 2.22. The van der Waals surface area contributed by atoms with E-state index in [4.69, 9.17) is 0 Å². The molecule has 2 aromatic carbocycles. The lowest BCUT2D eigenvalue weighted by Crippen LogP contribution is -2.26. The van der Waals surface area contributed by atoms with Crippen molar-refractivity contribution >= 4 is 15.7 Å². The Balaban J connectivity index is 2.12. The van der Waals surface area contributed by atoms with E-state index in [0.717, 1.165) is 6.07 Å². The molecule has 2 aromatic rings. The Morgan fingerprint density at radius 1 is 1.22 bits per heavy atom. The van der Waals surface area contributed by atoms with Crippen LogP contribution in [0.2, 0.25) is 0 Å². The normalized spacial score (nSPS) is 11.4. The first-order valence-electron chi connectivity index (χ1n) is 6.79. The highest BCUT2D eigenvalue weighted by Gasteiger charge is 2.19. The second-order valence-electron chi connectivity index (χ2n) is 4.94. The molecule has 0 saturated heterocycles. The predicted molar refractivity (Wildman–Crippen MR) is 83.1 cm³/mol. The number of hydrogen-bond donors (Lipinski definition) is 1. The van der Waals surface area contributed by atoms with Crippen LogP contribution in [-0.2, 0) is 16.4 Å². The van der Waals surface area contributed by atoms with E-state index in [9.17, 15) is 22.9 Å². The van der Waals surface area contributed by atoms with Gasteiger partial charge in [-0.05, 0) is 31.0 Å². The van der Waals surface area contributed by atoms with Gasteiger partial charge in [-0.15, -0.1) is 0 Å². The summed E-state index contributed by atoms with van der Waals surface area (Å²) in [6.45, 7) is 1.52. The molecule has 0 aliphatic heterocycles. The quantitative estimate of drug-likeness (QED) is 0.647. The molecule has 8 heteroatoms. The van der Waals surface area contributed by atoms with Crippen LogP contribution in [0.15, 0.2) is 47.4 Å². The van der Waals surface area contributed by atoms with Gasteiger partial charge in [0, 0.05) is 18.2 Å². The van der Waals surface area contributed by atoms with Gasteiger partial charge in [-0.1, -0.05) is 24.3 Å². The van der Waals surface area contributed by atoms with Crippen LogP contribution in [0.25, 0.3) is 0 Å². The second kappa shape index (κ2) is 6.84. The molecule has 0 spiro atoms. The standard InChI is InChI=1S/C15H15FN2O4S/c1-11-6-7-13(10-15(11)18(19)20)23(21,22)17-9-8-12-4-2-3-5-14(12)16/h2-7,10,17H,8-9H2,1H3. The first kappa shape index (κ1) is 17.0. The van der Waals surface area contributed by atoms with Crippen molar-refractivity contribution in [3.05, 3.63) is 69.5 Å². The summed E-state index contributed by atoms with van der Waals surface area (Å²) in [6, 6.07) is 9.77. The highest BCUT2D eigenvalue weighted by molar-refractivity contribution is 7.89. The lowest BCUT2D eigenvalue weighted by molar-refractivity contribution is -0.385. The van der Waals surface area contributed by atoms with Gasteiger partial charge in [0.15, 0.2) is 0 Å². The SMILES string of the molecule is Cc1ccc(S(=O)(=O)NCCc2ccccc2F)cc1[N+](=O)[O-]. The van der Waals surface area contributed by atoms with Crippen molar-refractivity contribution in [3.63, 3.8) is 0 Å². The molecule has 0 radical (unpaired) electrons. The average molecular weight is 338 g/mol. The van der Waals surface area contributed by atoms with Crippen LogP contribution < -0.4 is 4.72 Å². The van der Waals surface area contributed by atoms with Crippen molar-refractivity contribution in [1.29, 1.82) is 0 Å². The molecule has 0 atom stereocenters. The summed E-state index contributed by atoms with van der Waals surface area (Å²) < 4.78 is 40.1. The molecule has 0 bridgehead atoms. The largest absolute Gasteiger partial charge is 0.273 e. The van der Waals surface area contributed by atoms with E-state index >= 15 is 0 Å². The van der Waals surface area contributed by atoms with Crippen molar-refractivity contribution in [3.8, 4) is 0 Å². The van der Waals surface area contributed by atoms with E-state index in [2.05, 4.69) is 4.72 Å². The number of hydrogen-bond acceptors (Lipinski definition) is 4. The van der Waals surface area contributed by atoms with Gasteiger partial charge in [0.1, 0.15) is 5.82 Å². The number of aryl methyl sites for hydroxylation is 1. The summed E-state index contributed by atoms with van der Waals surface area (Å²) in [4.78, 5) is 10.1. The fourth-order valence-electron chi connectivity index (χ4n) is 2.06.